The second-order valence-corrected chi connectivity index (χ2v) is 12.2. The van der Waals surface area contributed by atoms with Gasteiger partial charge >= 0.3 is 12.1 Å². The number of hydrogen-bond acceptors (Lipinski definition) is 5. The maximum atomic E-state index is 11.6. The third-order valence-corrected chi connectivity index (χ3v) is 7.88. The van der Waals surface area contributed by atoms with E-state index in [4.69, 9.17) is 14.6 Å². The Hall–Kier alpha value is -2.89. The lowest BCUT2D eigenvalue weighted by Crippen LogP contribution is -2.35. The molecule has 0 bridgehead atoms. The first kappa shape index (κ1) is 30.6. The Kier molecular flexibility index (Phi) is 10.6. The van der Waals surface area contributed by atoms with Gasteiger partial charge in [-0.2, -0.15) is 13.2 Å². The van der Waals surface area contributed by atoms with Gasteiger partial charge in [0.05, 0.1) is 11.5 Å². The van der Waals surface area contributed by atoms with E-state index in [0.717, 1.165) is 60.4 Å². The molecule has 1 fully saturated rings. The summed E-state index contributed by atoms with van der Waals surface area (Å²) in [5.41, 5.74) is 3.38. The molecule has 0 radical (unpaired) electrons. The van der Waals surface area contributed by atoms with Gasteiger partial charge in [-0.05, 0) is 84.9 Å². The molecule has 6 nitrogen and oxygen atoms in total. The van der Waals surface area contributed by atoms with Crippen LogP contribution in [0.25, 0.3) is 11.1 Å². The molecular weight excluding hydrogens is 599 g/mol. The van der Waals surface area contributed by atoms with Crippen LogP contribution >= 0.6 is 15.9 Å². The molecule has 3 aromatic rings. The van der Waals surface area contributed by atoms with E-state index >= 15 is 0 Å². The van der Waals surface area contributed by atoms with Crippen LogP contribution in [0.1, 0.15) is 18.4 Å². The average Bonchev–Trinajstić information content (AvgIpc) is 2.89. The molecule has 1 aliphatic rings. The van der Waals surface area contributed by atoms with Crippen LogP contribution in [0.15, 0.2) is 82.2 Å². The minimum Gasteiger partial charge on any atom is -0.493 e. The summed E-state index contributed by atoms with van der Waals surface area (Å²) in [6.07, 6.45) is -1.55. The molecule has 1 heterocycles. The van der Waals surface area contributed by atoms with Crippen molar-refractivity contribution in [2.45, 2.75) is 30.5 Å². The minimum atomic E-state index is -5.08. The zero-order chi connectivity index (χ0) is 28.6. The molecule has 0 aromatic heterocycles. The van der Waals surface area contributed by atoms with E-state index in [0.29, 0.717) is 10.8 Å². The lowest BCUT2D eigenvalue weighted by molar-refractivity contribution is -0.192. The molecule has 1 N–H and O–H groups in total. The van der Waals surface area contributed by atoms with Gasteiger partial charge in [0.25, 0.3) is 0 Å². The van der Waals surface area contributed by atoms with Crippen molar-refractivity contribution in [1.29, 1.82) is 0 Å². The van der Waals surface area contributed by atoms with Gasteiger partial charge in [0, 0.05) is 17.3 Å². The number of alkyl halides is 3. The summed E-state index contributed by atoms with van der Waals surface area (Å²) >= 11 is 3.49. The number of likely N-dealkylation sites (tertiary alicyclic amines) is 1. The zero-order valence-corrected chi connectivity index (χ0v) is 23.6. The fraction of sp³-hybridized carbons (Fsp3) is 0.321. The number of carbonyl (C=O) groups is 1. The van der Waals surface area contributed by atoms with Crippen molar-refractivity contribution in [2.75, 3.05) is 26.0 Å². The van der Waals surface area contributed by atoms with E-state index in [9.17, 15) is 21.6 Å². The first-order valence-electron chi connectivity index (χ1n) is 12.1. The molecular formula is C28H29BrF3NO5S. The molecule has 39 heavy (non-hydrogen) atoms. The van der Waals surface area contributed by atoms with E-state index in [2.05, 4.69) is 45.1 Å². The summed E-state index contributed by atoms with van der Waals surface area (Å²) in [5, 5.41) is 7.12. The summed E-state index contributed by atoms with van der Waals surface area (Å²) in [5.74, 6) is -1.30. The Balaban J connectivity index is 0.000000532. The van der Waals surface area contributed by atoms with Crippen molar-refractivity contribution >= 4 is 31.7 Å². The molecule has 1 saturated heterocycles. The van der Waals surface area contributed by atoms with Crippen molar-refractivity contribution in [3.63, 3.8) is 0 Å². The number of sulfone groups is 1. The van der Waals surface area contributed by atoms with E-state index in [1.165, 1.54) is 11.8 Å². The minimum absolute atomic E-state index is 0.337. The predicted molar refractivity (Wildman–Crippen MR) is 146 cm³/mol. The number of nitrogens with zero attached hydrogens (tertiary/aromatic N) is 1. The van der Waals surface area contributed by atoms with E-state index in [1.807, 2.05) is 36.4 Å². The van der Waals surface area contributed by atoms with Crippen LogP contribution in [-0.2, 0) is 21.2 Å². The number of rotatable bonds is 7. The summed E-state index contributed by atoms with van der Waals surface area (Å²) < 4.78 is 62.2. The second-order valence-electron chi connectivity index (χ2n) is 9.28. The lowest BCUT2D eigenvalue weighted by atomic mass is 9.97. The van der Waals surface area contributed by atoms with Crippen LogP contribution in [0.3, 0.4) is 0 Å². The normalized spacial score (nSPS) is 14.8. The van der Waals surface area contributed by atoms with Gasteiger partial charge in [0.2, 0.25) is 0 Å². The van der Waals surface area contributed by atoms with Gasteiger partial charge in [-0.1, -0.05) is 52.3 Å². The topological polar surface area (TPSA) is 83.9 Å². The monoisotopic (exact) mass is 627 g/mol. The Bertz CT molecular complexity index is 1320. The van der Waals surface area contributed by atoms with Crippen LogP contribution in [0, 0.1) is 5.92 Å². The second kappa shape index (κ2) is 13.5. The standard InChI is InChI=1S/C26H28BrNO3S.C2HF3O2/c1-32(29,30)26-12-6-23(7-13-26)22-4-10-25(11-5-22)31-19-21-14-16-28(17-15-21)18-20-2-8-24(27)9-3-20;3-2(4,5)1(6)7/h2-13,21H,14-19H2,1H3;(H,6,7). The molecule has 0 saturated carbocycles. The predicted octanol–water partition coefficient (Wildman–Crippen LogP) is 6.44. The highest BCUT2D eigenvalue weighted by Gasteiger charge is 2.38. The Morgan fingerprint density at radius 3 is 1.90 bits per heavy atom. The van der Waals surface area contributed by atoms with E-state index < -0.39 is 22.0 Å². The fourth-order valence-corrected chi connectivity index (χ4v) is 4.91. The Labute approximate surface area is 234 Å². The maximum absolute atomic E-state index is 11.6. The Morgan fingerprint density at radius 1 is 0.949 bits per heavy atom. The molecule has 0 aliphatic carbocycles. The molecule has 3 aromatic carbocycles. The number of aliphatic carboxylic acids is 1. The molecule has 210 valence electrons. The fourth-order valence-electron chi connectivity index (χ4n) is 4.01. The number of hydrogen-bond donors (Lipinski definition) is 1. The number of halogens is 4. The van der Waals surface area contributed by atoms with Crippen molar-refractivity contribution in [1.82, 2.24) is 4.90 Å². The first-order chi connectivity index (χ1) is 18.3. The molecule has 11 heteroatoms. The van der Waals surface area contributed by atoms with Crippen LogP contribution in [-0.4, -0.2) is 56.5 Å². The maximum Gasteiger partial charge on any atom is 0.490 e. The third-order valence-electron chi connectivity index (χ3n) is 6.22. The summed E-state index contributed by atoms with van der Waals surface area (Å²) in [6.45, 7) is 3.96. The number of carboxylic acids is 1. The number of piperidine rings is 1. The van der Waals surface area contributed by atoms with Gasteiger partial charge in [0.15, 0.2) is 9.84 Å². The van der Waals surface area contributed by atoms with Crippen molar-refractivity contribution in [3.8, 4) is 16.9 Å². The summed E-state index contributed by atoms with van der Waals surface area (Å²) in [4.78, 5) is 11.8. The highest BCUT2D eigenvalue weighted by molar-refractivity contribution is 9.10. The van der Waals surface area contributed by atoms with Gasteiger partial charge < -0.3 is 9.84 Å². The number of carboxylic acid groups (broad SMARTS) is 1. The highest BCUT2D eigenvalue weighted by atomic mass is 79.9. The summed E-state index contributed by atoms with van der Waals surface area (Å²) in [7, 11) is -3.17. The van der Waals surface area contributed by atoms with Crippen molar-refractivity contribution < 1.29 is 36.2 Å². The van der Waals surface area contributed by atoms with Crippen LogP contribution in [0.2, 0.25) is 0 Å². The van der Waals surface area contributed by atoms with Gasteiger partial charge in [-0.3, -0.25) is 4.90 Å². The summed E-state index contributed by atoms with van der Waals surface area (Å²) in [6, 6.07) is 23.6. The Morgan fingerprint density at radius 2 is 1.44 bits per heavy atom. The molecule has 0 amide bonds. The zero-order valence-electron chi connectivity index (χ0n) is 21.2. The highest BCUT2D eigenvalue weighted by Crippen LogP contribution is 2.26. The number of benzene rings is 3. The van der Waals surface area contributed by atoms with Crippen LogP contribution in [0.4, 0.5) is 13.2 Å². The van der Waals surface area contributed by atoms with Gasteiger partial charge in [-0.15, -0.1) is 0 Å². The molecule has 0 unspecified atom stereocenters. The quantitative estimate of drug-likeness (QED) is 0.324. The first-order valence-corrected chi connectivity index (χ1v) is 14.8. The molecule has 1 aliphatic heterocycles. The lowest BCUT2D eigenvalue weighted by Gasteiger charge is -2.31. The number of ether oxygens (including phenoxy) is 1. The molecule has 0 atom stereocenters. The van der Waals surface area contributed by atoms with Crippen LogP contribution < -0.4 is 4.74 Å². The third kappa shape index (κ3) is 9.98. The van der Waals surface area contributed by atoms with Gasteiger partial charge in [-0.25, -0.2) is 13.2 Å². The van der Waals surface area contributed by atoms with Crippen molar-refractivity contribution in [3.05, 3.63) is 82.8 Å². The largest absolute Gasteiger partial charge is 0.493 e. The van der Waals surface area contributed by atoms with E-state index in [-0.39, 0.29) is 0 Å². The average molecular weight is 629 g/mol. The van der Waals surface area contributed by atoms with Crippen molar-refractivity contribution in [2.24, 2.45) is 5.92 Å². The van der Waals surface area contributed by atoms with Crippen LogP contribution in [0.5, 0.6) is 5.75 Å². The van der Waals surface area contributed by atoms with Gasteiger partial charge in [0.1, 0.15) is 5.75 Å². The smallest absolute Gasteiger partial charge is 0.490 e. The molecule has 0 spiro atoms. The van der Waals surface area contributed by atoms with E-state index in [1.54, 1.807) is 12.1 Å². The molecule has 4 rings (SSSR count). The SMILES string of the molecule is CS(=O)(=O)c1ccc(-c2ccc(OCC3CCN(Cc4ccc(Br)cc4)CC3)cc2)cc1.O=C(O)C(F)(F)F.